The van der Waals surface area contributed by atoms with Crippen LogP contribution in [0.5, 0.6) is 0 Å². The molecule has 1 aliphatic rings. The van der Waals surface area contributed by atoms with E-state index >= 15 is 0 Å². The molecule has 6 heteroatoms. The van der Waals surface area contributed by atoms with Crippen molar-refractivity contribution in [2.24, 2.45) is 0 Å². The van der Waals surface area contributed by atoms with E-state index in [1.165, 1.54) is 0 Å². The minimum absolute atomic E-state index is 0.428. The van der Waals surface area contributed by atoms with Crippen molar-refractivity contribution in [2.45, 2.75) is 11.5 Å². The van der Waals surface area contributed by atoms with Crippen molar-refractivity contribution in [3.8, 4) is 11.4 Å². The minimum Gasteiger partial charge on any atom is -0.245 e. The highest BCUT2D eigenvalue weighted by Crippen LogP contribution is 2.34. The van der Waals surface area contributed by atoms with E-state index in [4.69, 9.17) is 23.2 Å². The maximum absolute atomic E-state index is 6.15. The van der Waals surface area contributed by atoms with Gasteiger partial charge in [-0.2, -0.15) is 11.8 Å². The largest absolute Gasteiger partial charge is 0.245 e. The molecule has 3 heterocycles. The van der Waals surface area contributed by atoms with Crippen molar-refractivity contribution in [3.63, 3.8) is 0 Å². The Kier molecular flexibility index (Phi) is 2.94. The highest BCUT2D eigenvalue weighted by atomic mass is 35.5. The summed E-state index contributed by atoms with van der Waals surface area (Å²) in [4.78, 5) is 12.8. The fourth-order valence-electron chi connectivity index (χ4n) is 1.68. The Morgan fingerprint density at radius 2 is 2.06 bits per heavy atom. The molecule has 0 unspecified atom stereocenters. The third kappa shape index (κ3) is 2.12. The predicted molar refractivity (Wildman–Crippen MR) is 70.3 cm³/mol. The summed E-state index contributed by atoms with van der Waals surface area (Å²) in [5.41, 5.74) is 2.92. The van der Waals surface area contributed by atoms with Gasteiger partial charge in [0.1, 0.15) is 10.3 Å². The van der Waals surface area contributed by atoms with E-state index in [0.717, 1.165) is 28.3 Å². The van der Waals surface area contributed by atoms with Crippen LogP contribution in [0.4, 0.5) is 0 Å². The van der Waals surface area contributed by atoms with Crippen LogP contribution in [0.15, 0.2) is 18.3 Å². The maximum Gasteiger partial charge on any atom is 0.161 e. The lowest BCUT2D eigenvalue weighted by atomic mass is 10.2. The summed E-state index contributed by atoms with van der Waals surface area (Å²) in [6.45, 7) is 0. The van der Waals surface area contributed by atoms with Crippen molar-refractivity contribution in [2.75, 3.05) is 0 Å². The highest BCUT2D eigenvalue weighted by Gasteiger charge is 2.19. The summed E-state index contributed by atoms with van der Waals surface area (Å²) in [5.74, 6) is 2.40. The number of pyridine rings is 1. The zero-order valence-electron chi connectivity index (χ0n) is 8.65. The molecule has 0 N–H and O–H groups in total. The second-order valence-electron chi connectivity index (χ2n) is 3.62. The number of fused-ring (bicyclic) bond motifs is 1. The average molecular weight is 284 g/mol. The molecule has 0 amide bonds. The molecule has 17 heavy (non-hydrogen) atoms. The van der Waals surface area contributed by atoms with Gasteiger partial charge in [0, 0.05) is 28.8 Å². The first-order chi connectivity index (χ1) is 8.24. The second kappa shape index (κ2) is 4.44. The number of nitrogens with zero attached hydrogens (tertiary/aromatic N) is 3. The summed E-state index contributed by atoms with van der Waals surface area (Å²) in [7, 11) is 0. The van der Waals surface area contributed by atoms with Crippen LogP contribution in [0, 0.1) is 0 Å². The van der Waals surface area contributed by atoms with Gasteiger partial charge in [-0.05, 0) is 12.1 Å². The molecule has 3 rings (SSSR count). The number of halogens is 2. The van der Waals surface area contributed by atoms with Crippen molar-refractivity contribution in [1.29, 1.82) is 0 Å². The van der Waals surface area contributed by atoms with Gasteiger partial charge in [-0.15, -0.1) is 0 Å². The van der Waals surface area contributed by atoms with E-state index < -0.39 is 0 Å². The Bertz CT molecular complexity index is 589. The van der Waals surface area contributed by atoms with E-state index in [1.54, 1.807) is 24.0 Å². The molecule has 0 fully saturated rings. The van der Waals surface area contributed by atoms with Crippen LogP contribution in [0.1, 0.15) is 11.3 Å². The summed E-state index contributed by atoms with van der Waals surface area (Å²) in [6.07, 6.45) is 1.64. The molecular weight excluding hydrogens is 277 g/mol. The Morgan fingerprint density at radius 3 is 2.88 bits per heavy atom. The third-order valence-electron chi connectivity index (χ3n) is 2.51. The van der Waals surface area contributed by atoms with Gasteiger partial charge in [0.2, 0.25) is 0 Å². The Hall–Kier alpha value is -0.840. The van der Waals surface area contributed by atoms with E-state index in [9.17, 15) is 0 Å². The van der Waals surface area contributed by atoms with Gasteiger partial charge in [0.05, 0.1) is 5.69 Å². The van der Waals surface area contributed by atoms with Gasteiger partial charge in [0.25, 0.3) is 0 Å². The molecule has 2 aromatic heterocycles. The summed E-state index contributed by atoms with van der Waals surface area (Å²) < 4.78 is 0. The fraction of sp³-hybridized carbons (Fsp3) is 0.182. The summed E-state index contributed by atoms with van der Waals surface area (Å²) >= 11 is 13.8. The van der Waals surface area contributed by atoms with Gasteiger partial charge in [0.15, 0.2) is 5.82 Å². The van der Waals surface area contributed by atoms with Crippen LogP contribution in [0.2, 0.25) is 10.3 Å². The first-order valence-corrected chi connectivity index (χ1v) is 6.90. The molecule has 3 nitrogen and oxygen atoms in total. The Balaban J connectivity index is 2.13. The number of hydrogen-bond donors (Lipinski definition) is 0. The fourth-order valence-corrected chi connectivity index (χ4v) is 3.23. The first-order valence-electron chi connectivity index (χ1n) is 4.99. The lowest BCUT2D eigenvalue weighted by Gasteiger charge is -2.05. The molecule has 0 aliphatic carbocycles. The van der Waals surface area contributed by atoms with Crippen LogP contribution >= 0.6 is 35.0 Å². The smallest absolute Gasteiger partial charge is 0.161 e. The average Bonchev–Trinajstić information content (AvgIpc) is 2.77. The molecule has 0 aromatic carbocycles. The molecular formula is C11H7Cl2N3S. The SMILES string of the molecule is Clc1cc(-c2nc(Cl)c3c(n2)CSC3)ccn1. The van der Waals surface area contributed by atoms with Crippen LogP contribution in [0.25, 0.3) is 11.4 Å². The quantitative estimate of drug-likeness (QED) is 0.592. The van der Waals surface area contributed by atoms with Crippen LogP contribution in [-0.4, -0.2) is 15.0 Å². The van der Waals surface area contributed by atoms with Crippen LogP contribution in [0.3, 0.4) is 0 Å². The van der Waals surface area contributed by atoms with Gasteiger partial charge >= 0.3 is 0 Å². The number of rotatable bonds is 1. The molecule has 1 aliphatic heterocycles. The Morgan fingerprint density at radius 1 is 1.18 bits per heavy atom. The molecule has 0 bridgehead atoms. The molecule has 2 aromatic rings. The Labute approximate surface area is 113 Å². The molecule has 0 radical (unpaired) electrons. The molecule has 0 saturated carbocycles. The van der Waals surface area contributed by atoms with Gasteiger partial charge < -0.3 is 0 Å². The van der Waals surface area contributed by atoms with E-state index in [2.05, 4.69) is 15.0 Å². The van der Waals surface area contributed by atoms with E-state index in [0.29, 0.717) is 16.1 Å². The summed E-state index contributed by atoms with van der Waals surface area (Å²) in [5, 5.41) is 0.972. The zero-order valence-corrected chi connectivity index (χ0v) is 11.0. The minimum atomic E-state index is 0.428. The lowest BCUT2D eigenvalue weighted by Crippen LogP contribution is -1.97. The van der Waals surface area contributed by atoms with Crippen molar-refractivity contribution in [1.82, 2.24) is 15.0 Å². The molecule has 86 valence electrons. The zero-order chi connectivity index (χ0) is 11.8. The van der Waals surface area contributed by atoms with Crippen molar-refractivity contribution >= 4 is 35.0 Å². The molecule has 0 saturated heterocycles. The monoisotopic (exact) mass is 283 g/mol. The van der Waals surface area contributed by atoms with Gasteiger partial charge in [-0.25, -0.2) is 15.0 Å². The van der Waals surface area contributed by atoms with Crippen molar-refractivity contribution in [3.05, 3.63) is 39.9 Å². The molecule has 0 atom stereocenters. The number of thioether (sulfide) groups is 1. The number of aromatic nitrogens is 3. The second-order valence-corrected chi connectivity index (χ2v) is 5.35. The normalized spacial score (nSPS) is 13.8. The van der Waals surface area contributed by atoms with Crippen LogP contribution < -0.4 is 0 Å². The predicted octanol–water partition coefficient (Wildman–Crippen LogP) is 3.59. The maximum atomic E-state index is 6.15. The van der Waals surface area contributed by atoms with E-state index in [1.807, 2.05) is 6.07 Å². The number of hydrogen-bond acceptors (Lipinski definition) is 4. The molecule has 0 spiro atoms. The first kappa shape index (κ1) is 11.3. The lowest BCUT2D eigenvalue weighted by molar-refractivity contribution is 1.07. The highest BCUT2D eigenvalue weighted by molar-refractivity contribution is 7.98. The van der Waals surface area contributed by atoms with Gasteiger partial charge in [-0.1, -0.05) is 23.2 Å². The van der Waals surface area contributed by atoms with Crippen molar-refractivity contribution < 1.29 is 0 Å². The summed E-state index contributed by atoms with van der Waals surface area (Å²) in [6, 6.07) is 3.56. The topological polar surface area (TPSA) is 38.7 Å². The van der Waals surface area contributed by atoms with Gasteiger partial charge in [-0.3, -0.25) is 0 Å². The third-order valence-corrected chi connectivity index (χ3v) is 4.00. The standard InChI is InChI=1S/C11H7Cl2N3S/c12-9-3-6(1-2-14-9)11-15-8-5-17-4-7(8)10(13)16-11/h1-3H,4-5H2. The van der Waals surface area contributed by atoms with Crippen LogP contribution in [-0.2, 0) is 11.5 Å². The van der Waals surface area contributed by atoms with E-state index in [-0.39, 0.29) is 0 Å².